The predicted octanol–water partition coefficient (Wildman–Crippen LogP) is 3.74. The first-order valence-corrected chi connectivity index (χ1v) is 5.30. The second kappa shape index (κ2) is 4.51. The van der Waals surface area contributed by atoms with Crippen LogP contribution in [0.5, 0.6) is 0 Å². The van der Waals surface area contributed by atoms with Gasteiger partial charge in [-0.1, -0.05) is 6.07 Å². The maximum absolute atomic E-state index is 13.2. The Morgan fingerprint density at radius 2 is 1.39 bits per heavy atom. The lowest BCUT2D eigenvalue weighted by Gasteiger charge is -2.32. The van der Waals surface area contributed by atoms with Gasteiger partial charge in [-0.2, -0.15) is 26.3 Å². The number of benzene rings is 1. The molecule has 0 bridgehead atoms. The van der Waals surface area contributed by atoms with Crippen molar-refractivity contribution in [3.8, 4) is 0 Å². The van der Waals surface area contributed by atoms with Crippen LogP contribution >= 0.6 is 22.6 Å². The Morgan fingerprint density at radius 1 is 0.944 bits per heavy atom. The summed E-state index contributed by atoms with van der Waals surface area (Å²) in [6.07, 6.45) is -12.2. The van der Waals surface area contributed by atoms with E-state index in [0.717, 1.165) is 6.07 Å². The van der Waals surface area contributed by atoms with Crippen LogP contribution in [0.2, 0.25) is 0 Å². The normalized spacial score (nSPS) is 13.8. The van der Waals surface area contributed by atoms with Crippen LogP contribution in [0.15, 0.2) is 18.2 Å². The summed E-state index contributed by atoms with van der Waals surface area (Å²) in [7, 11) is 0. The second-order valence-electron chi connectivity index (χ2n) is 3.33. The molecule has 0 aromatic heterocycles. The van der Waals surface area contributed by atoms with Crippen molar-refractivity contribution < 1.29 is 35.8 Å². The molecule has 0 radical (unpaired) electrons. The van der Waals surface area contributed by atoms with Gasteiger partial charge in [0, 0.05) is 9.13 Å². The highest BCUT2D eigenvalue weighted by molar-refractivity contribution is 14.1. The van der Waals surface area contributed by atoms with E-state index in [-0.39, 0.29) is 9.64 Å². The van der Waals surface area contributed by atoms with Gasteiger partial charge in [0.05, 0.1) is 0 Å². The van der Waals surface area contributed by atoms with Crippen molar-refractivity contribution >= 4 is 22.6 Å². The average Bonchev–Trinajstić information content (AvgIpc) is 2.12. The van der Waals surface area contributed by atoms with Gasteiger partial charge in [-0.3, -0.25) is 0 Å². The first kappa shape index (κ1) is 15.5. The van der Waals surface area contributed by atoms with Crippen LogP contribution in [-0.4, -0.2) is 17.5 Å². The molecule has 1 rings (SSSR count). The molecule has 1 aromatic rings. The largest absolute Gasteiger partial charge is 0.430 e. The third-order valence-electron chi connectivity index (χ3n) is 2.14. The summed E-state index contributed by atoms with van der Waals surface area (Å²) in [5.41, 5.74) is -7.10. The maximum Gasteiger partial charge on any atom is 0.430 e. The van der Waals surface area contributed by atoms with Crippen molar-refractivity contribution in [1.29, 1.82) is 0 Å². The Hall–Kier alpha value is -0.580. The van der Waals surface area contributed by atoms with Gasteiger partial charge in [0.1, 0.15) is 5.82 Å². The van der Waals surface area contributed by atoms with Crippen LogP contribution in [0.3, 0.4) is 0 Å². The zero-order valence-electron chi connectivity index (χ0n) is 8.20. The molecule has 18 heavy (non-hydrogen) atoms. The van der Waals surface area contributed by atoms with Gasteiger partial charge in [0.25, 0.3) is 5.60 Å². The lowest BCUT2D eigenvalue weighted by molar-refractivity contribution is -0.377. The molecule has 0 unspecified atom stereocenters. The van der Waals surface area contributed by atoms with Gasteiger partial charge in [-0.25, -0.2) is 4.39 Å². The fourth-order valence-corrected chi connectivity index (χ4v) is 1.70. The van der Waals surface area contributed by atoms with E-state index in [1.54, 1.807) is 0 Å². The van der Waals surface area contributed by atoms with Crippen molar-refractivity contribution in [2.45, 2.75) is 18.0 Å². The minimum atomic E-state index is -6.08. The summed E-state index contributed by atoms with van der Waals surface area (Å²) in [4.78, 5) is 0. The number of alkyl halides is 6. The molecule has 0 fully saturated rings. The monoisotopic (exact) mass is 388 g/mol. The summed E-state index contributed by atoms with van der Waals surface area (Å²) in [6, 6.07) is 1.57. The molecule has 0 saturated carbocycles. The van der Waals surface area contributed by atoms with Crippen LogP contribution < -0.4 is 0 Å². The maximum atomic E-state index is 13.2. The Kier molecular flexibility index (Phi) is 3.88. The lowest BCUT2D eigenvalue weighted by Crippen LogP contribution is -2.54. The van der Waals surface area contributed by atoms with Gasteiger partial charge in [-0.15, -0.1) is 0 Å². The molecule has 102 valence electrons. The molecular weight excluding hydrogens is 384 g/mol. The van der Waals surface area contributed by atoms with E-state index in [1.807, 2.05) is 0 Å². The number of hydrogen-bond acceptors (Lipinski definition) is 1. The standard InChI is InChI=1S/C9H4F7IO/c10-6-3-4(17)1-2-5(6)7(18,8(11,12)13)9(14,15)16/h1-3,18H. The number of hydrogen-bond donors (Lipinski definition) is 1. The molecule has 0 spiro atoms. The first-order chi connectivity index (χ1) is 7.91. The average molecular weight is 388 g/mol. The summed E-state index contributed by atoms with van der Waals surface area (Å²) in [5.74, 6) is -1.78. The summed E-state index contributed by atoms with van der Waals surface area (Å²) < 4.78 is 87.9. The van der Waals surface area contributed by atoms with Crippen molar-refractivity contribution in [3.63, 3.8) is 0 Å². The summed E-state index contributed by atoms with van der Waals surface area (Å²) in [6.45, 7) is 0. The van der Waals surface area contributed by atoms with E-state index >= 15 is 0 Å². The van der Waals surface area contributed by atoms with Gasteiger partial charge in [-0.05, 0) is 34.7 Å². The van der Waals surface area contributed by atoms with E-state index in [4.69, 9.17) is 5.11 Å². The highest BCUT2D eigenvalue weighted by atomic mass is 127. The smallest absolute Gasteiger partial charge is 0.369 e. The zero-order chi connectivity index (χ0) is 14.4. The van der Waals surface area contributed by atoms with Crippen LogP contribution in [0.25, 0.3) is 0 Å². The number of aliphatic hydroxyl groups is 1. The van der Waals surface area contributed by atoms with E-state index < -0.39 is 29.3 Å². The van der Waals surface area contributed by atoms with E-state index in [1.165, 1.54) is 22.6 Å². The SMILES string of the molecule is OC(c1ccc(I)cc1F)(C(F)(F)F)C(F)(F)F. The predicted molar refractivity (Wildman–Crippen MR) is 55.1 cm³/mol. The van der Waals surface area contributed by atoms with Gasteiger partial charge < -0.3 is 5.11 Å². The van der Waals surface area contributed by atoms with Crippen molar-refractivity contribution in [2.24, 2.45) is 0 Å². The zero-order valence-corrected chi connectivity index (χ0v) is 10.4. The molecule has 1 N–H and O–H groups in total. The quantitative estimate of drug-likeness (QED) is 0.574. The Balaban J connectivity index is 3.56. The summed E-state index contributed by atoms with van der Waals surface area (Å²) >= 11 is 1.51. The fraction of sp³-hybridized carbons (Fsp3) is 0.333. The molecule has 1 aromatic carbocycles. The Morgan fingerprint density at radius 3 is 1.72 bits per heavy atom. The van der Waals surface area contributed by atoms with E-state index in [9.17, 15) is 30.7 Å². The topological polar surface area (TPSA) is 20.2 Å². The number of halogens is 8. The summed E-state index contributed by atoms with van der Waals surface area (Å²) in [5, 5.41) is 8.93. The molecule has 0 aliphatic rings. The molecule has 0 atom stereocenters. The molecular formula is C9H4F7IO. The minimum Gasteiger partial charge on any atom is -0.369 e. The highest BCUT2D eigenvalue weighted by Gasteiger charge is 2.72. The van der Waals surface area contributed by atoms with E-state index in [0.29, 0.717) is 6.07 Å². The third-order valence-corrected chi connectivity index (χ3v) is 2.81. The van der Waals surface area contributed by atoms with Gasteiger partial charge >= 0.3 is 12.4 Å². The van der Waals surface area contributed by atoms with Crippen LogP contribution in [0.4, 0.5) is 30.7 Å². The Bertz CT molecular complexity index is 437. The minimum absolute atomic E-state index is 0.0977. The van der Waals surface area contributed by atoms with Crippen molar-refractivity contribution in [3.05, 3.63) is 33.1 Å². The molecule has 0 amide bonds. The second-order valence-corrected chi connectivity index (χ2v) is 4.58. The molecule has 0 saturated heterocycles. The molecule has 0 heterocycles. The molecule has 9 heteroatoms. The molecule has 0 aliphatic carbocycles. The van der Waals surface area contributed by atoms with Crippen LogP contribution in [0, 0.1) is 9.39 Å². The number of rotatable bonds is 1. The third kappa shape index (κ3) is 2.42. The van der Waals surface area contributed by atoms with Gasteiger partial charge in [0.15, 0.2) is 0 Å². The van der Waals surface area contributed by atoms with Crippen LogP contribution in [-0.2, 0) is 5.60 Å². The lowest BCUT2D eigenvalue weighted by atomic mass is 9.92. The van der Waals surface area contributed by atoms with E-state index in [2.05, 4.69) is 0 Å². The van der Waals surface area contributed by atoms with Gasteiger partial charge in [0.2, 0.25) is 0 Å². The first-order valence-electron chi connectivity index (χ1n) is 4.22. The van der Waals surface area contributed by atoms with Crippen LogP contribution in [0.1, 0.15) is 5.56 Å². The molecule has 0 aliphatic heterocycles. The fourth-order valence-electron chi connectivity index (χ4n) is 1.25. The van der Waals surface area contributed by atoms with Crippen molar-refractivity contribution in [2.75, 3.05) is 0 Å². The van der Waals surface area contributed by atoms with Crippen molar-refractivity contribution in [1.82, 2.24) is 0 Å². The molecule has 1 nitrogen and oxygen atoms in total. The Labute approximate surface area is 110 Å². The highest BCUT2D eigenvalue weighted by Crippen LogP contribution is 2.50.